The van der Waals surface area contributed by atoms with Crippen LogP contribution in [0.15, 0.2) is 6.07 Å². The van der Waals surface area contributed by atoms with Gasteiger partial charge in [-0.3, -0.25) is 0 Å². The van der Waals surface area contributed by atoms with Crippen LogP contribution in [0.3, 0.4) is 0 Å². The van der Waals surface area contributed by atoms with Crippen LogP contribution in [0.1, 0.15) is 0 Å². The number of hydrogen-bond acceptors (Lipinski definition) is 6. The number of benzene rings is 1. The Kier molecular flexibility index (Phi) is 2.79. The van der Waals surface area contributed by atoms with Gasteiger partial charge in [-0.1, -0.05) is 0 Å². The normalized spacial score (nSPS) is 18.8. The lowest BCUT2D eigenvalue weighted by atomic mass is 10.1. The van der Waals surface area contributed by atoms with E-state index in [0.717, 1.165) is 37.6 Å². The molecule has 0 spiro atoms. The van der Waals surface area contributed by atoms with E-state index in [4.69, 9.17) is 20.9 Å². The molecule has 1 fully saturated rings. The third-order valence-electron chi connectivity index (χ3n) is 3.32. The molecule has 0 saturated carbocycles. The predicted molar refractivity (Wildman–Crippen MR) is 71.3 cm³/mol. The molecule has 1 aromatic carbocycles. The zero-order valence-electron chi connectivity index (χ0n) is 10.2. The second-order valence-corrected chi connectivity index (χ2v) is 4.49. The summed E-state index contributed by atoms with van der Waals surface area (Å²) in [5.74, 6) is 1.32. The van der Waals surface area contributed by atoms with Gasteiger partial charge in [0.1, 0.15) is 18.9 Å². The lowest BCUT2D eigenvalue weighted by molar-refractivity contribution is 0.173. The van der Waals surface area contributed by atoms with Crippen molar-refractivity contribution in [1.82, 2.24) is 5.32 Å². The molecule has 0 bridgehead atoms. The molecule has 2 aliphatic rings. The average molecular weight is 250 g/mol. The number of nitrogens with one attached hydrogen (secondary N) is 1. The van der Waals surface area contributed by atoms with Gasteiger partial charge in [0.2, 0.25) is 0 Å². The van der Waals surface area contributed by atoms with Gasteiger partial charge in [-0.15, -0.1) is 0 Å². The third-order valence-corrected chi connectivity index (χ3v) is 3.32. The van der Waals surface area contributed by atoms with Gasteiger partial charge in [0.05, 0.1) is 11.4 Å². The van der Waals surface area contributed by atoms with Crippen LogP contribution in [-0.4, -0.2) is 39.4 Å². The SMILES string of the molecule is Nc1cc(N2CCNCC2)c2c(c1N)OCCO2. The Bertz CT molecular complexity index is 458. The zero-order chi connectivity index (χ0) is 12.5. The number of piperazine rings is 1. The highest BCUT2D eigenvalue weighted by Gasteiger charge is 2.25. The Labute approximate surface area is 106 Å². The van der Waals surface area contributed by atoms with Crippen LogP contribution in [0.5, 0.6) is 11.5 Å². The molecule has 0 aliphatic carbocycles. The average Bonchev–Trinajstić information content (AvgIpc) is 2.44. The van der Waals surface area contributed by atoms with E-state index < -0.39 is 0 Å². The highest BCUT2D eigenvalue weighted by atomic mass is 16.6. The highest BCUT2D eigenvalue weighted by molar-refractivity contribution is 5.84. The fourth-order valence-electron chi connectivity index (χ4n) is 2.37. The molecule has 0 unspecified atom stereocenters. The first-order valence-corrected chi connectivity index (χ1v) is 6.20. The van der Waals surface area contributed by atoms with E-state index in [1.807, 2.05) is 6.07 Å². The maximum atomic E-state index is 5.95. The minimum atomic E-state index is 0.476. The van der Waals surface area contributed by atoms with Gasteiger partial charge in [-0.05, 0) is 6.07 Å². The number of nitrogens with zero attached hydrogens (tertiary/aromatic N) is 1. The van der Waals surface area contributed by atoms with Crippen LogP contribution in [0, 0.1) is 0 Å². The molecule has 1 saturated heterocycles. The van der Waals surface area contributed by atoms with Crippen LogP contribution in [0.25, 0.3) is 0 Å². The Balaban J connectivity index is 2.05. The van der Waals surface area contributed by atoms with E-state index in [9.17, 15) is 0 Å². The lowest BCUT2D eigenvalue weighted by Gasteiger charge is -2.33. The maximum absolute atomic E-state index is 5.95. The molecule has 6 heteroatoms. The first-order valence-electron chi connectivity index (χ1n) is 6.20. The number of rotatable bonds is 1. The Morgan fingerprint density at radius 1 is 1.06 bits per heavy atom. The maximum Gasteiger partial charge on any atom is 0.188 e. The molecule has 0 atom stereocenters. The lowest BCUT2D eigenvalue weighted by Crippen LogP contribution is -2.43. The summed E-state index contributed by atoms with van der Waals surface area (Å²) in [5, 5.41) is 3.32. The van der Waals surface area contributed by atoms with Gasteiger partial charge in [-0.25, -0.2) is 0 Å². The van der Waals surface area contributed by atoms with Gasteiger partial charge >= 0.3 is 0 Å². The number of hydrogen-bond donors (Lipinski definition) is 3. The van der Waals surface area contributed by atoms with Crippen molar-refractivity contribution in [3.8, 4) is 11.5 Å². The molecule has 1 aromatic rings. The molecule has 2 aliphatic heterocycles. The third kappa shape index (κ3) is 1.78. The topological polar surface area (TPSA) is 85.8 Å². The van der Waals surface area contributed by atoms with E-state index in [1.165, 1.54) is 0 Å². The predicted octanol–water partition coefficient (Wildman–Crippen LogP) is 0.0318. The van der Waals surface area contributed by atoms with Crippen molar-refractivity contribution < 1.29 is 9.47 Å². The summed E-state index contributed by atoms with van der Waals surface area (Å²) in [6, 6.07) is 1.88. The first kappa shape index (κ1) is 11.3. The van der Waals surface area contributed by atoms with Crippen LogP contribution in [0.4, 0.5) is 17.1 Å². The van der Waals surface area contributed by atoms with Gasteiger partial charge in [0.15, 0.2) is 11.5 Å². The fourth-order valence-corrected chi connectivity index (χ4v) is 2.37. The summed E-state index contributed by atoms with van der Waals surface area (Å²) < 4.78 is 11.3. The second-order valence-electron chi connectivity index (χ2n) is 4.49. The van der Waals surface area contributed by atoms with Gasteiger partial charge in [0, 0.05) is 26.2 Å². The van der Waals surface area contributed by atoms with E-state index in [2.05, 4.69) is 10.2 Å². The van der Waals surface area contributed by atoms with Crippen molar-refractivity contribution in [2.45, 2.75) is 0 Å². The van der Waals surface area contributed by atoms with Crippen molar-refractivity contribution in [1.29, 1.82) is 0 Å². The Morgan fingerprint density at radius 3 is 2.44 bits per heavy atom. The molecular weight excluding hydrogens is 232 g/mol. The number of anilines is 3. The molecule has 6 nitrogen and oxygen atoms in total. The van der Waals surface area contributed by atoms with E-state index in [0.29, 0.717) is 30.3 Å². The van der Waals surface area contributed by atoms with E-state index in [1.54, 1.807) is 0 Å². The second kappa shape index (κ2) is 4.45. The molecule has 3 rings (SSSR count). The standard InChI is InChI=1S/C12H18N4O2/c13-8-7-9(16-3-1-15-2-4-16)11-12(10(8)14)18-6-5-17-11/h7,15H,1-6,13-14H2. The summed E-state index contributed by atoms with van der Waals surface area (Å²) in [4.78, 5) is 2.25. The smallest absolute Gasteiger partial charge is 0.188 e. The first-order chi connectivity index (χ1) is 8.77. The van der Waals surface area contributed by atoms with Crippen LogP contribution < -0.4 is 31.2 Å². The van der Waals surface area contributed by atoms with Crippen molar-refractivity contribution in [2.24, 2.45) is 0 Å². The van der Waals surface area contributed by atoms with E-state index >= 15 is 0 Å². The Hall–Kier alpha value is -1.82. The largest absolute Gasteiger partial charge is 0.484 e. The number of ether oxygens (including phenoxy) is 2. The van der Waals surface area contributed by atoms with Crippen LogP contribution in [-0.2, 0) is 0 Å². The molecule has 98 valence electrons. The quantitative estimate of drug-likeness (QED) is 0.610. The summed E-state index contributed by atoms with van der Waals surface area (Å²) in [7, 11) is 0. The molecule has 5 N–H and O–H groups in total. The minimum absolute atomic E-state index is 0.476. The highest BCUT2D eigenvalue weighted by Crippen LogP contribution is 2.46. The van der Waals surface area contributed by atoms with Crippen molar-refractivity contribution in [2.75, 3.05) is 55.8 Å². The molecule has 0 aromatic heterocycles. The summed E-state index contributed by atoms with van der Waals surface area (Å²) >= 11 is 0. The number of fused-ring (bicyclic) bond motifs is 1. The molecular formula is C12H18N4O2. The summed E-state index contributed by atoms with van der Waals surface area (Å²) in [5.41, 5.74) is 13.9. The molecule has 18 heavy (non-hydrogen) atoms. The van der Waals surface area contributed by atoms with Crippen molar-refractivity contribution >= 4 is 17.1 Å². The van der Waals surface area contributed by atoms with Crippen molar-refractivity contribution in [3.05, 3.63) is 6.07 Å². The monoisotopic (exact) mass is 250 g/mol. The molecule has 0 amide bonds. The molecule has 0 radical (unpaired) electrons. The van der Waals surface area contributed by atoms with Gasteiger partial charge in [-0.2, -0.15) is 0 Å². The minimum Gasteiger partial charge on any atom is -0.484 e. The Morgan fingerprint density at radius 2 is 1.72 bits per heavy atom. The van der Waals surface area contributed by atoms with Crippen LogP contribution in [0.2, 0.25) is 0 Å². The van der Waals surface area contributed by atoms with Crippen molar-refractivity contribution in [3.63, 3.8) is 0 Å². The van der Waals surface area contributed by atoms with Gasteiger partial charge in [0.25, 0.3) is 0 Å². The number of nitrogens with two attached hydrogens (primary N) is 2. The van der Waals surface area contributed by atoms with Gasteiger partial charge < -0.3 is 31.2 Å². The number of nitrogen functional groups attached to an aromatic ring is 2. The summed E-state index contributed by atoms with van der Waals surface area (Å²) in [6.07, 6.45) is 0. The zero-order valence-corrected chi connectivity index (χ0v) is 10.2. The molecule has 2 heterocycles. The van der Waals surface area contributed by atoms with Crippen LogP contribution >= 0.6 is 0 Å². The fraction of sp³-hybridized carbons (Fsp3) is 0.500. The van der Waals surface area contributed by atoms with E-state index in [-0.39, 0.29) is 0 Å². The summed E-state index contributed by atoms with van der Waals surface area (Å²) in [6.45, 7) is 4.84.